The van der Waals surface area contributed by atoms with Gasteiger partial charge in [-0.25, -0.2) is 0 Å². The minimum atomic E-state index is 0.262. The summed E-state index contributed by atoms with van der Waals surface area (Å²) in [6.07, 6.45) is 9.06. The van der Waals surface area contributed by atoms with Crippen LogP contribution in [0.2, 0.25) is 0 Å². The topological polar surface area (TPSA) is 15.3 Å². The monoisotopic (exact) mass is 786 g/mol. The summed E-state index contributed by atoms with van der Waals surface area (Å²) < 4.78 is 2.61. The molecule has 286 valence electrons. The molecule has 2 atom stereocenters. The molecule has 1 heterocycles. The highest BCUT2D eigenvalue weighted by atomic mass is 32.1. The Morgan fingerprint density at radius 2 is 0.917 bits per heavy atom. The molecule has 0 aliphatic heterocycles. The summed E-state index contributed by atoms with van der Waals surface area (Å²) in [5.41, 5.74) is 11.7. The Morgan fingerprint density at radius 1 is 0.417 bits per heavy atom. The zero-order valence-electron chi connectivity index (χ0n) is 33.3. The van der Waals surface area contributed by atoms with Gasteiger partial charge in [0.1, 0.15) is 0 Å². The van der Waals surface area contributed by atoms with Crippen LogP contribution in [-0.4, -0.2) is 0 Å². The summed E-state index contributed by atoms with van der Waals surface area (Å²) in [6.45, 7) is 2.32. The third-order valence-corrected chi connectivity index (χ3v) is 13.3. The number of allylic oxidation sites excluding steroid dienone is 4. The molecule has 11 rings (SSSR count). The van der Waals surface area contributed by atoms with E-state index in [1.807, 2.05) is 11.3 Å². The van der Waals surface area contributed by atoms with Gasteiger partial charge in [-0.15, -0.1) is 11.3 Å². The molecule has 0 saturated carbocycles. The van der Waals surface area contributed by atoms with Crippen molar-refractivity contribution in [2.24, 2.45) is 5.92 Å². The number of rotatable bonds is 8. The number of thiophene rings is 1. The van der Waals surface area contributed by atoms with Gasteiger partial charge < -0.3 is 10.2 Å². The number of fused-ring (bicyclic) bond motifs is 6. The van der Waals surface area contributed by atoms with Crippen LogP contribution in [0.25, 0.3) is 64.0 Å². The van der Waals surface area contributed by atoms with Gasteiger partial charge in [-0.3, -0.25) is 0 Å². The molecule has 1 aliphatic rings. The average molecular weight is 787 g/mol. The lowest BCUT2D eigenvalue weighted by Crippen LogP contribution is -2.11. The third-order valence-electron chi connectivity index (χ3n) is 12.2. The minimum absolute atomic E-state index is 0.262. The summed E-state index contributed by atoms with van der Waals surface area (Å²) in [4.78, 5) is 2.38. The second-order valence-electron chi connectivity index (χ2n) is 15.8. The first-order valence-corrected chi connectivity index (χ1v) is 21.6. The number of benzene rings is 9. The zero-order chi connectivity index (χ0) is 40.0. The first-order valence-electron chi connectivity index (χ1n) is 20.8. The quantitative estimate of drug-likeness (QED) is 0.154. The van der Waals surface area contributed by atoms with Gasteiger partial charge in [-0.1, -0.05) is 165 Å². The van der Waals surface area contributed by atoms with E-state index >= 15 is 0 Å². The van der Waals surface area contributed by atoms with Crippen LogP contribution in [0, 0.1) is 5.92 Å². The van der Waals surface area contributed by atoms with Gasteiger partial charge in [0.2, 0.25) is 0 Å². The summed E-state index contributed by atoms with van der Waals surface area (Å²) in [6, 6.07) is 70.8. The van der Waals surface area contributed by atoms with Crippen molar-refractivity contribution in [3.05, 3.63) is 224 Å². The molecule has 2 unspecified atom stereocenters. The number of nitrogens with one attached hydrogen (secondary N) is 1. The fourth-order valence-corrected chi connectivity index (χ4v) is 10.2. The molecular weight excluding hydrogens is 745 g/mol. The Bertz CT molecular complexity index is 3230. The molecule has 0 radical (unpaired) electrons. The van der Waals surface area contributed by atoms with Crippen molar-refractivity contribution in [1.82, 2.24) is 0 Å². The second kappa shape index (κ2) is 15.2. The normalized spacial score (nSPS) is 14.9. The van der Waals surface area contributed by atoms with Crippen LogP contribution >= 0.6 is 11.3 Å². The van der Waals surface area contributed by atoms with Crippen molar-refractivity contribution in [2.45, 2.75) is 12.8 Å². The van der Waals surface area contributed by atoms with Crippen molar-refractivity contribution in [2.75, 3.05) is 10.2 Å². The van der Waals surface area contributed by atoms with Crippen molar-refractivity contribution in [3.63, 3.8) is 0 Å². The number of hydrogen-bond acceptors (Lipinski definition) is 3. The van der Waals surface area contributed by atoms with Gasteiger partial charge in [0.25, 0.3) is 0 Å². The number of hydrogen-bond donors (Lipinski definition) is 1. The van der Waals surface area contributed by atoms with Gasteiger partial charge in [-0.2, -0.15) is 0 Å². The molecule has 0 fully saturated rings. The summed E-state index contributed by atoms with van der Waals surface area (Å²) in [7, 11) is 0. The van der Waals surface area contributed by atoms with Crippen LogP contribution < -0.4 is 10.2 Å². The van der Waals surface area contributed by atoms with Crippen molar-refractivity contribution in [1.29, 1.82) is 0 Å². The lowest BCUT2D eigenvalue weighted by Gasteiger charge is -2.27. The first-order chi connectivity index (χ1) is 29.7. The standard InChI is InChI=1S/C57H42N2S/c1-38-13-5-6-16-47(38)56-51-20-9-7-17-48(51)49-18-8-10-21-52(49)57(56)58-43-29-23-40(24-30-43)42-27-33-45(34-28-42)59(44-31-25-41(26-32-44)39-14-3-2-4-15-39)46-35-36-55-53(37-46)50-19-11-12-22-54(50)60-55/h2-38,47,58H,1H3. The Morgan fingerprint density at radius 3 is 1.58 bits per heavy atom. The van der Waals surface area contributed by atoms with Crippen LogP contribution in [0.1, 0.15) is 18.4 Å². The Kier molecular flexibility index (Phi) is 9.10. The lowest BCUT2D eigenvalue weighted by atomic mass is 9.79. The van der Waals surface area contributed by atoms with E-state index in [-0.39, 0.29) is 5.92 Å². The SMILES string of the molecule is CC1C=CC=CC1c1c(Nc2ccc(-c3ccc(N(c4ccc(-c5ccccc5)cc4)c4ccc5sc6ccccc6c5c4)cc3)cc2)c2ccccc2c2ccccc12. The van der Waals surface area contributed by atoms with E-state index < -0.39 is 0 Å². The van der Waals surface area contributed by atoms with E-state index in [9.17, 15) is 0 Å². The smallest absolute Gasteiger partial charge is 0.0509 e. The summed E-state index contributed by atoms with van der Waals surface area (Å²) in [5.74, 6) is 0.645. The molecule has 9 aromatic carbocycles. The first kappa shape index (κ1) is 35.9. The molecule has 10 aromatic rings. The largest absolute Gasteiger partial charge is 0.355 e. The van der Waals surface area contributed by atoms with Crippen molar-refractivity contribution < 1.29 is 0 Å². The Balaban J connectivity index is 0.941. The number of anilines is 5. The lowest BCUT2D eigenvalue weighted by molar-refractivity contribution is 0.641. The molecule has 0 spiro atoms. The fourth-order valence-electron chi connectivity index (χ4n) is 9.15. The molecule has 1 aromatic heterocycles. The van der Waals surface area contributed by atoms with Crippen LogP contribution in [-0.2, 0) is 0 Å². The predicted molar refractivity (Wildman–Crippen MR) is 260 cm³/mol. The third kappa shape index (κ3) is 6.45. The molecule has 0 amide bonds. The van der Waals surface area contributed by atoms with Crippen molar-refractivity contribution >= 4 is 81.5 Å². The van der Waals surface area contributed by atoms with E-state index in [2.05, 4.69) is 236 Å². The molecule has 1 aliphatic carbocycles. The number of nitrogens with zero attached hydrogens (tertiary/aromatic N) is 1. The second-order valence-corrected chi connectivity index (χ2v) is 16.9. The maximum absolute atomic E-state index is 3.94. The van der Waals surface area contributed by atoms with E-state index in [4.69, 9.17) is 0 Å². The van der Waals surface area contributed by atoms with Crippen LogP contribution in [0.15, 0.2) is 218 Å². The van der Waals surface area contributed by atoms with Gasteiger partial charge >= 0.3 is 0 Å². The van der Waals surface area contributed by atoms with E-state index in [0.717, 1.165) is 22.7 Å². The highest BCUT2D eigenvalue weighted by Crippen LogP contribution is 2.46. The van der Waals surface area contributed by atoms with Gasteiger partial charge in [0, 0.05) is 54.2 Å². The minimum Gasteiger partial charge on any atom is -0.355 e. The van der Waals surface area contributed by atoms with Crippen molar-refractivity contribution in [3.8, 4) is 22.3 Å². The Hall–Kier alpha value is -7.20. The zero-order valence-corrected chi connectivity index (χ0v) is 34.1. The molecule has 60 heavy (non-hydrogen) atoms. The van der Waals surface area contributed by atoms with Crippen LogP contribution in [0.5, 0.6) is 0 Å². The Labute approximate surface area is 355 Å². The average Bonchev–Trinajstić information content (AvgIpc) is 3.69. The maximum Gasteiger partial charge on any atom is 0.0509 e. The predicted octanol–water partition coefficient (Wildman–Crippen LogP) is 16.8. The molecule has 1 N–H and O–H groups in total. The van der Waals surface area contributed by atoms with Gasteiger partial charge in [-0.05, 0) is 111 Å². The molecule has 0 saturated heterocycles. The van der Waals surface area contributed by atoms with E-state index in [1.54, 1.807) is 0 Å². The molecule has 0 bridgehead atoms. The highest BCUT2D eigenvalue weighted by Gasteiger charge is 2.25. The van der Waals surface area contributed by atoms with Crippen LogP contribution in [0.4, 0.5) is 28.4 Å². The molecule has 2 nitrogen and oxygen atoms in total. The van der Waals surface area contributed by atoms with Gasteiger partial charge in [0.05, 0.1) is 5.69 Å². The summed E-state index contributed by atoms with van der Waals surface area (Å²) >= 11 is 1.85. The fraction of sp³-hybridized carbons (Fsp3) is 0.0526. The van der Waals surface area contributed by atoms with E-state index in [0.29, 0.717) is 5.92 Å². The van der Waals surface area contributed by atoms with E-state index in [1.165, 1.54) is 75.2 Å². The summed E-state index contributed by atoms with van der Waals surface area (Å²) in [5, 5.41) is 11.6. The highest BCUT2D eigenvalue weighted by molar-refractivity contribution is 7.25. The molecule has 3 heteroatoms. The van der Waals surface area contributed by atoms with Gasteiger partial charge in [0.15, 0.2) is 0 Å². The van der Waals surface area contributed by atoms with Crippen LogP contribution in [0.3, 0.4) is 0 Å². The maximum atomic E-state index is 3.94. The molecular formula is C57H42N2S.